The number of likely N-dealkylation sites (N-methyl/N-ethyl adjacent to an activating group) is 1. The molecule has 1 aromatic carbocycles. The number of nitrogens with two attached hydrogens (primary N) is 1. The standard InChI is InChI=1S/C14H19BrClFN2/c1-19(2)14(7-3-4-8-14)13(18)9-5-6-10(15)11(16)12(9)17/h5-6,13H,3-4,7-8,18H2,1-2H3. The molecular weight excluding hydrogens is 331 g/mol. The average Bonchev–Trinajstić information content (AvgIpc) is 2.86. The van der Waals surface area contributed by atoms with Gasteiger partial charge in [-0.3, -0.25) is 0 Å². The van der Waals surface area contributed by atoms with Gasteiger partial charge in [-0.15, -0.1) is 0 Å². The molecule has 1 saturated carbocycles. The number of benzene rings is 1. The molecule has 0 amide bonds. The number of halogens is 3. The van der Waals surface area contributed by atoms with Crippen molar-refractivity contribution in [2.24, 2.45) is 5.73 Å². The normalized spacial score (nSPS) is 19.9. The monoisotopic (exact) mass is 348 g/mol. The topological polar surface area (TPSA) is 29.3 Å². The Hall–Kier alpha value is -0.160. The summed E-state index contributed by atoms with van der Waals surface area (Å²) in [5.41, 5.74) is 6.74. The van der Waals surface area contributed by atoms with Gasteiger partial charge >= 0.3 is 0 Å². The van der Waals surface area contributed by atoms with Gasteiger partial charge in [0.2, 0.25) is 0 Å². The fourth-order valence-corrected chi connectivity index (χ4v) is 3.57. The molecule has 0 bridgehead atoms. The van der Waals surface area contributed by atoms with E-state index >= 15 is 0 Å². The second kappa shape index (κ2) is 5.68. The maximum absolute atomic E-state index is 14.3. The quantitative estimate of drug-likeness (QED) is 0.832. The second-order valence-electron chi connectivity index (χ2n) is 5.45. The highest BCUT2D eigenvalue weighted by atomic mass is 79.9. The molecule has 5 heteroatoms. The molecule has 1 aliphatic carbocycles. The average molecular weight is 350 g/mol. The van der Waals surface area contributed by atoms with Crippen LogP contribution in [0.1, 0.15) is 37.3 Å². The molecular formula is C14H19BrClFN2. The summed E-state index contributed by atoms with van der Waals surface area (Å²) in [6.45, 7) is 0. The molecule has 2 nitrogen and oxygen atoms in total. The molecule has 2 N–H and O–H groups in total. The van der Waals surface area contributed by atoms with Gasteiger partial charge < -0.3 is 10.6 Å². The van der Waals surface area contributed by atoms with Crippen molar-refractivity contribution in [2.75, 3.05) is 14.1 Å². The zero-order valence-corrected chi connectivity index (χ0v) is 13.6. The predicted molar refractivity (Wildman–Crippen MR) is 80.9 cm³/mol. The highest BCUT2D eigenvalue weighted by molar-refractivity contribution is 9.10. The molecule has 1 aromatic rings. The summed E-state index contributed by atoms with van der Waals surface area (Å²) in [6.07, 6.45) is 4.26. The minimum Gasteiger partial charge on any atom is -0.322 e. The first-order valence-electron chi connectivity index (χ1n) is 6.46. The van der Waals surface area contributed by atoms with E-state index in [-0.39, 0.29) is 16.6 Å². The Morgan fingerprint density at radius 3 is 2.47 bits per heavy atom. The van der Waals surface area contributed by atoms with Crippen LogP contribution in [-0.4, -0.2) is 24.5 Å². The molecule has 0 aromatic heterocycles. The van der Waals surface area contributed by atoms with Gasteiger partial charge in [0.25, 0.3) is 0 Å². The Balaban J connectivity index is 2.43. The molecule has 1 aliphatic rings. The molecule has 1 unspecified atom stereocenters. The Kier molecular flexibility index (Phi) is 4.56. The summed E-state index contributed by atoms with van der Waals surface area (Å²) in [7, 11) is 4.03. The molecule has 19 heavy (non-hydrogen) atoms. The van der Waals surface area contributed by atoms with Crippen LogP contribution in [0.3, 0.4) is 0 Å². The Labute approximate surface area is 127 Å². The third-order valence-corrected chi connectivity index (χ3v) is 5.60. The lowest BCUT2D eigenvalue weighted by molar-refractivity contribution is 0.121. The van der Waals surface area contributed by atoms with Crippen LogP contribution in [0.25, 0.3) is 0 Å². The first kappa shape index (κ1) is 15.2. The summed E-state index contributed by atoms with van der Waals surface area (Å²) < 4.78 is 14.9. The van der Waals surface area contributed by atoms with E-state index in [1.165, 1.54) is 0 Å². The summed E-state index contributed by atoms with van der Waals surface area (Å²) in [6, 6.07) is 3.13. The molecule has 0 saturated heterocycles. The maximum atomic E-state index is 14.3. The molecule has 1 fully saturated rings. The van der Waals surface area contributed by atoms with E-state index in [4.69, 9.17) is 17.3 Å². The maximum Gasteiger partial charge on any atom is 0.147 e. The fourth-order valence-electron chi connectivity index (χ4n) is 3.09. The molecule has 0 aliphatic heterocycles. The minimum absolute atomic E-state index is 0.111. The van der Waals surface area contributed by atoms with Crippen molar-refractivity contribution < 1.29 is 4.39 Å². The van der Waals surface area contributed by atoms with Crippen LogP contribution in [0.4, 0.5) is 4.39 Å². The van der Waals surface area contributed by atoms with E-state index in [2.05, 4.69) is 20.8 Å². The second-order valence-corrected chi connectivity index (χ2v) is 6.68. The van der Waals surface area contributed by atoms with E-state index in [9.17, 15) is 4.39 Å². The van der Waals surface area contributed by atoms with Crippen LogP contribution >= 0.6 is 27.5 Å². The van der Waals surface area contributed by atoms with Gasteiger partial charge in [-0.25, -0.2) is 4.39 Å². The van der Waals surface area contributed by atoms with Crippen LogP contribution in [0, 0.1) is 5.82 Å². The summed E-state index contributed by atoms with van der Waals surface area (Å²) in [4.78, 5) is 2.14. The molecule has 0 heterocycles. The van der Waals surface area contributed by atoms with Crippen molar-refractivity contribution >= 4 is 27.5 Å². The summed E-state index contributed by atoms with van der Waals surface area (Å²) >= 11 is 9.20. The molecule has 106 valence electrons. The van der Waals surface area contributed by atoms with Crippen LogP contribution < -0.4 is 5.73 Å². The van der Waals surface area contributed by atoms with Gasteiger partial charge in [-0.1, -0.05) is 30.5 Å². The SMILES string of the molecule is CN(C)C1(C(N)c2ccc(Br)c(Cl)c2F)CCCC1. The van der Waals surface area contributed by atoms with Crippen molar-refractivity contribution in [2.45, 2.75) is 37.3 Å². The van der Waals surface area contributed by atoms with E-state index in [1.54, 1.807) is 12.1 Å². The number of hydrogen-bond donors (Lipinski definition) is 1. The predicted octanol–water partition coefficient (Wildman–Crippen LogP) is 4.12. The highest BCUT2D eigenvalue weighted by Gasteiger charge is 2.43. The third kappa shape index (κ3) is 2.56. The van der Waals surface area contributed by atoms with Crippen LogP contribution in [0.2, 0.25) is 5.02 Å². The third-order valence-electron chi connectivity index (χ3n) is 4.34. The van der Waals surface area contributed by atoms with Gasteiger partial charge in [-0.2, -0.15) is 0 Å². The summed E-state index contributed by atoms with van der Waals surface area (Å²) in [5, 5.41) is 0.111. The van der Waals surface area contributed by atoms with Crippen molar-refractivity contribution in [3.8, 4) is 0 Å². The zero-order chi connectivity index (χ0) is 14.2. The smallest absolute Gasteiger partial charge is 0.147 e. The van der Waals surface area contributed by atoms with Crippen molar-refractivity contribution in [1.29, 1.82) is 0 Å². The van der Waals surface area contributed by atoms with Crippen LogP contribution in [0.5, 0.6) is 0 Å². The lowest BCUT2D eigenvalue weighted by Gasteiger charge is -2.41. The van der Waals surface area contributed by atoms with E-state index in [0.717, 1.165) is 25.7 Å². The largest absolute Gasteiger partial charge is 0.322 e. The Bertz CT molecular complexity index is 473. The van der Waals surface area contributed by atoms with Gasteiger partial charge in [-0.05, 0) is 48.9 Å². The number of hydrogen-bond acceptors (Lipinski definition) is 2. The van der Waals surface area contributed by atoms with Gasteiger partial charge in [0.05, 0.1) is 11.1 Å². The van der Waals surface area contributed by atoms with Crippen molar-refractivity contribution in [1.82, 2.24) is 4.90 Å². The fraction of sp³-hybridized carbons (Fsp3) is 0.571. The summed E-state index contributed by atoms with van der Waals surface area (Å²) in [5.74, 6) is -0.406. The van der Waals surface area contributed by atoms with Crippen LogP contribution in [-0.2, 0) is 0 Å². The molecule has 1 atom stereocenters. The molecule has 0 radical (unpaired) electrons. The van der Waals surface area contributed by atoms with Crippen LogP contribution in [0.15, 0.2) is 16.6 Å². The van der Waals surface area contributed by atoms with Gasteiger partial charge in [0.15, 0.2) is 0 Å². The zero-order valence-electron chi connectivity index (χ0n) is 11.2. The van der Waals surface area contributed by atoms with Gasteiger partial charge in [0, 0.05) is 15.6 Å². The Morgan fingerprint density at radius 1 is 1.37 bits per heavy atom. The van der Waals surface area contributed by atoms with Crippen molar-refractivity contribution in [3.63, 3.8) is 0 Å². The van der Waals surface area contributed by atoms with E-state index in [1.807, 2.05) is 14.1 Å². The van der Waals surface area contributed by atoms with E-state index in [0.29, 0.717) is 10.0 Å². The highest BCUT2D eigenvalue weighted by Crippen LogP contribution is 2.43. The lowest BCUT2D eigenvalue weighted by atomic mass is 9.83. The van der Waals surface area contributed by atoms with Gasteiger partial charge in [0.1, 0.15) is 5.82 Å². The lowest BCUT2D eigenvalue weighted by Crippen LogP contribution is -2.50. The Morgan fingerprint density at radius 2 is 1.95 bits per heavy atom. The van der Waals surface area contributed by atoms with Crippen molar-refractivity contribution in [3.05, 3.63) is 33.0 Å². The number of rotatable bonds is 3. The first-order valence-corrected chi connectivity index (χ1v) is 7.63. The number of nitrogens with zero attached hydrogens (tertiary/aromatic N) is 1. The minimum atomic E-state index is -0.406. The van der Waals surface area contributed by atoms with E-state index < -0.39 is 5.82 Å². The molecule has 2 rings (SSSR count). The molecule has 0 spiro atoms. The first-order chi connectivity index (χ1) is 8.90.